The molecule has 2 rings (SSSR count). The van der Waals surface area contributed by atoms with Crippen molar-refractivity contribution in [3.05, 3.63) is 39.1 Å². The zero-order valence-electron chi connectivity index (χ0n) is 11.0. The number of ketones is 1. The number of aryl methyl sites for hydroxylation is 1. The van der Waals surface area contributed by atoms with Gasteiger partial charge in [-0.1, -0.05) is 19.9 Å². The molecule has 1 aromatic rings. The normalized spacial score (nSPS) is 18.4. The van der Waals surface area contributed by atoms with Crippen LogP contribution in [0.1, 0.15) is 32.3 Å². The van der Waals surface area contributed by atoms with Crippen LogP contribution < -0.4 is 5.32 Å². The number of carbonyl (C=O) groups is 1. The van der Waals surface area contributed by atoms with E-state index in [-0.39, 0.29) is 11.2 Å². The molecule has 18 heavy (non-hydrogen) atoms. The molecule has 0 fully saturated rings. The summed E-state index contributed by atoms with van der Waals surface area (Å²) >= 11 is 2.32. The minimum atomic E-state index is 0.0598. The van der Waals surface area contributed by atoms with E-state index in [1.54, 1.807) is 6.08 Å². The van der Waals surface area contributed by atoms with Gasteiger partial charge < -0.3 is 5.32 Å². The van der Waals surface area contributed by atoms with Gasteiger partial charge in [-0.05, 0) is 59.0 Å². The molecule has 0 saturated carbocycles. The maximum Gasteiger partial charge on any atom is 0.157 e. The molecule has 2 nitrogen and oxygen atoms in total. The monoisotopic (exact) mass is 355 g/mol. The third-order valence-corrected chi connectivity index (χ3v) is 3.97. The molecule has 0 bridgehead atoms. The summed E-state index contributed by atoms with van der Waals surface area (Å²) in [7, 11) is 0. The molecule has 0 aliphatic heterocycles. The molecule has 1 aliphatic carbocycles. The van der Waals surface area contributed by atoms with Crippen LogP contribution in [0, 0.1) is 15.9 Å². The molecule has 0 unspecified atom stereocenters. The van der Waals surface area contributed by atoms with E-state index in [0.29, 0.717) is 6.42 Å². The van der Waals surface area contributed by atoms with Crippen molar-refractivity contribution in [2.24, 2.45) is 5.41 Å². The van der Waals surface area contributed by atoms with E-state index >= 15 is 0 Å². The molecule has 0 aromatic heterocycles. The number of halogens is 1. The highest BCUT2D eigenvalue weighted by molar-refractivity contribution is 14.1. The Morgan fingerprint density at radius 2 is 2.00 bits per heavy atom. The summed E-state index contributed by atoms with van der Waals surface area (Å²) in [5.41, 5.74) is 3.42. The largest absolute Gasteiger partial charge is 0.358 e. The average molecular weight is 355 g/mol. The van der Waals surface area contributed by atoms with Crippen LogP contribution in [-0.2, 0) is 4.79 Å². The van der Waals surface area contributed by atoms with Crippen molar-refractivity contribution < 1.29 is 4.79 Å². The molecule has 1 aliphatic rings. The highest BCUT2D eigenvalue weighted by Crippen LogP contribution is 2.34. The summed E-state index contributed by atoms with van der Waals surface area (Å²) in [5.74, 6) is 0.218. The van der Waals surface area contributed by atoms with E-state index < -0.39 is 0 Å². The molecule has 96 valence electrons. The first-order chi connectivity index (χ1) is 8.35. The van der Waals surface area contributed by atoms with Crippen molar-refractivity contribution in [1.29, 1.82) is 0 Å². The van der Waals surface area contributed by atoms with E-state index in [2.05, 4.69) is 66.9 Å². The zero-order chi connectivity index (χ0) is 13.3. The second-order valence-corrected chi connectivity index (χ2v) is 6.92. The van der Waals surface area contributed by atoms with Gasteiger partial charge in [-0.25, -0.2) is 0 Å². The summed E-state index contributed by atoms with van der Waals surface area (Å²) in [5, 5.41) is 3.40. The predicted molar refractivity (Wildman–Crippen MR) is 83.6 cm³/mol. The van der Waals surface area contributed by atoms with Gasteiger partial charge in [0.15, 0.2) is 5.78 Å². The van der Waals surface area contributed by atoms with Gasteiger partial charge in [-0.2, -0.15) is 0 Å². The number of rotatable bonds is 2. The van der Waals surface area contributed by atoms with Crippen molar-refractivity contribution >= 4 is 34.1 Å². The maximum absolute atomic E-state index is 11.7. The molecule has 0 atom stereocenters. The third-order valence-electron chi connectivity index (χ3n) is 3.08. The Labute approximate surface area is 122 Å². The van der Waals surface area contributed by atoms with Crippen molar-refractivity contribution in [2.75, 3.05) is 5.32 Å². The van der Waals surface area contributed by atoms with Crippen LogP contribution in [0.2, 0.25) is 0 Å². The molecule has 0 spiro atoms. The van der Waals surface area contributed by atoms with Crippen molar-refractivity contribution in [3.63, 3.8) is 0 Å². The summed E-state index contributed by atoms with van der Waals surface area (Å²) in [6, 6.07) is 6.30. The van der Waals surface area contributed by atoms with Gasteiger partial charge in [0.05, 0.1) is 5.69 Å². The lowest BCUT2D eigenvalue weighted by atomic mass is 9.79. The Balaban J connectivity index is 2.21. The van der Waals surface area contributed by atoms with E-state index in [1.165, 1.54) is 9.13 Å². The van der Waals surface area contributed by atoms with Crippen LogP contribution in [0.25, 0.3) is 0 Å². The SMILES string of the molecule is Cc1ccc(NC2=CC(=O)CC(C)(C)C2)c(I)c1. The lowest BCUT2D eigenvalue weighted by molar-refractivity contribution is -0.117. The molecule has 3 heteroatoms. The van der Waals surface area contributed by atoms with E-state index in [0.717, 1.165) is 17.8 Å². The number of allylic oxidation sites excluding steroid dienone is 2. The van der Waals surface area contributed by atoms with Crippen molar-refractivity contribution in [2.45, 2.75) is 33.6 Å². The Morgan fingerprint density at radius 3 is 2.61 bits per heavy atom. The van der Waals surface area contributed by atoms with Gasteiger partial charge in [0.2, 0.25) is 0 Å². The molecular formula is C15H18INO. The van der Waals surface area contributed by atoms with E-state index in [4.69, 9.17) is 0 Å². The Bertz CT molecular complexity index is 517. The quantitative estimate of drug-likeness (QED) is 0.803. The fraction of sp³-hybridized carbons (Fsp3) is 0.400. The number of benzene rings is 1. The van der Waals surface area contributed by atoms with E-state index in [1.807, 2.05) is 0 Å². The van der Waals surface area contributed by atoms with Crippen LogP contribution in [0.15, 0.2) is 30.0 Å². The number of hydrogen-bond donors (Lipinski definition) is 1. The fourth-order valence-electron chi connectivity index (χ4n) is 2.32. The van der Waals surface area contributed by atoms with Crippen molar-refractivity contribution in [3.8, 4) is 0 Å². The van der Waals surface area contributed by atoms with Gasteiger partial charge in [0.1, 0.15) is 0 Å². The molecule has 0 radical (unpaired) electrons. The van der Waals surface area contributed by atoms with Gasteiger partial charge in [-0.15, -0.1) is 0 Å². The second kappa shape index (κ2) is 5.03. The number of nitrogens with one attached hydrogen (secondary N) is 1. The minimum absolute atomic E-state index is 0.0598. The minimum Gasteiger partial charge on any atom is -0.358 e. The predicted octanol–water partition coefficient (Wildman–Crippen LogP) is 4.28. The van der Waals surface area contributed by atoms with Crippen LogP contribution in [-0.4, -0.2) is 5.78 Å². The van der Waals surface area contributed by atoms with Crippen LogP contribution in [0.3, 0.4) is 0 Å². The number of anilines is 1. The first-order valence-electron chi connectivity index (χ1n) is 6.12. The van der Waals surface area contributed by atoms with Gasteiger partial charge in [0.25, 0.3) is 0 Å². The Hall–Kier alpha value is -0.840. The first-order valence-corrected chi connectivity index (χ1v) is 7.20. The van der Waals surface area contributed by atoms with Crippen molar-refractivity contribution in [1.82, 2.24) is 0 Å². The highest BCUT2D eigenvalue weighted by atomic mass is 127. The third kappa shape index (κ3) is 3.34. The Kier molecular flexibility index (Phi) is 3.80. The zero-order valence-corrected chi connectivity index (χ0v) is 13.2. The topological polar surface area (TPSA) is 29.1 Å². The molecule has 0 amide bonds. The van der Waals surface area contributed by atoms with Gasteiger partial charge in [0, 0.05) is 21.8 Å². The fourth-order valence-corrected chi connectivity index (χ4v) is 3.13. The maximum atomic E-state index is 11.7. The first kappa shape index (κ1) is 13.6. The van der Waals surface area contributed by atoms with Crippen LogP contribution >= 0.6 is 22.6 Å². The number of carbonyl (C=O) groups excluding carboxylic acids is 1. The average Bonchev–Trinajstić information content (AvgIpc) is 2.19. The van der Waals surface area contributed by atoms with Crippen LogP contribution in [0.4, 0.5) is 5.69 Å². The van der Waals surface area contributed by atoms with Gasteiger partial charge >= 0.3 is 0 Å². The lowest BCUT2D eigenvalue weighted by Gasteiger charge is -2.29. The molecular weight excluding hydrogens is 337 g/mol. The second-order valence-electron chi connectivity index (χ2n) is 5.76. The summed E-state index contributed by atoms with van der Waals surface area (Å²) in [6.45, 7) is 6.36. The summed E-state index contributed by atoms with van der Waals surface area (Å²) in [4.78, 5) is 11.7. The van der Waals surface area contributed by atoms with Gasteiger partial charge in [-0.3, -0.25) is 4.79 Å². The smallest absolute Gasteiger partial charge is 0.157 e. The number of hydrogen-bond acceptors (Lipinski definition) is 2. The molecule has 1 N–H and O–H groups in total. The summed E-state index contributed by atoms with van der Waals surface area (Å²) in [6.07, 6.45) is 3.31. The van der Waals surface area contributed by atoms with Crippen LogP contribution in [0.5, 0.6) is 0 Å². The van der Waals surface area contributed by atoms with E-state index in [9.17, 15) is 4.79 Å². The Morgan fingerprint density at radius 1 is 1.28 bits per heavy atom. The molecule has 0 saturated heterocycles. The lowest BCUT2D eigenvalue weighted by Crippen LogP contribution is -2.24. The molecule has 1 aromatic carbocycles. The standard InChI is InChI=1S/C15H18INO/c1-10-4-5-14(13(16)6-10)17-11-7-12(18)9-15(2,3)8-11/h4-7,17H,8-9H2,1-3H3. The molecule has 0 heterocycles. The summed E-state index contributed by atoms with van der Waals surface area (Å²) < 4.78 is 1.18. The highest BCUT2D eigenvalue weighted by Gasteiger charge is 2.27.